The van der Waals surface area contributed by atoms with Gasteiger partial charge in [-0.2, -0.15) is 4.98 Å². The zero-order valence-corrected chi connectivity index (χ0v) is 13.6. The molecular weight excluding hydrogens is 342 g/mol. The predicted octanol–water partition coefficient (Wildman–Crippen LogP) is 2.98. The molecule has 0 aliphatic carbocycles. The SMILES string of the molecule is O=C(c1ccncc1)N1CCC(F)(c2nc(-c3ccc(F)cc3)no2)C1. The third-order valence-electron chi connectivity index (χ3n) is 4.35. The summed E-state index contributed by atoms with van der Waals surface area (Å²) < 4.78 is 33.4. The van der Waals surface area contributed by atoms with Gasteiger partial charge in [0.05, 0.1) is 6.54 Å². The molecule has 4 rings (SSSR count). The van der Waals surface area contributed by atoms with E-state index in [0.717, 1.165) is 0 Å². The van der Waals surface area contributed by atoms with Crippen molar-refractivity contribution in [3.63, 3.8) is 0 Å². The van der Waals surface area contributed by atoms with Crippen molar-refractivity contribution in [3.8, 4) is 11.4 Å². The summed E-state index contributed by atoms with van der Waals surface area (Å²) in [6, 6.07) is 8.67. The van der Waals surface area contributed by atoms with E-state index in [0.29, 0.717) is 11.1 Å². The normalized spacial score (nSPS) is 19.7. The van der Waals surface area contributed by atoms with Crippen molar-refractivity contribution in [1.29, 1.82) is 0 Å². The van der Waals surface area contributed by atoms with Crippen LogP contribution in [0, 0.1) is 5.82 Å². The van der Waals surface area contributed by atoms with Gasteiger partial charge in [-0.05, 0) is 36.4 Å². The van der Waals surface area contributed by atoms with Crippen molar-refractivity contribution in [2.75, 3.05) is 13.1 Å². The van der Waals surface area contributed by atoms with Crippen LogP contribution in [0.25, 0.3) is 11.4 Å². The number of aromatic nitrogens is 3. The monoisotopic (exact) mass is 356 g/mol. The molecule has 0 radical (unpaired) electrons. The number of rotatable bonds is 3. The number of likely N-dealkylation sites (tertiary alicyclic amines) is 1. The molecule has 0 saturated carbocycles. The van der Waals surface area contributed by atoms with Crippen LogP contribution in [-0.4, -0.2) is 39.0 Å². The third-order valence-corrected chi connectivity index (χ3v) is 4.35. The Kier molecular flexibility index (Phi) is 3.95. The average molecular weight is 356 g/mol. The summed E-state index contributed by atoms with van der Waals surface area (Å²) >= 11 is 0. The van der Waals surface area contributed by atoms with Crippen LogP contribution in [0.1, 0.15) is 22.7 Å². The van der Waals surface area contributed by atoms with E-state index in [1.807, 2.05) is 0 Å². The summed E-state index contributed by atoms with van der Waals surface area (Å²) in [7, 11) is 0. The molecule has 3 aromatic rings. The highest BCUT2D eigenvalue weighted by Gasteiger charge is 2.46. The molecule has 1 fully saturated rings. The number of carbonyl (C=O) groups excluding carboxylic acids is 1. The molecule has 1 unspecified atom stereocenters. The molecule has 1 atom stereocenters. The highest BCUT2D eigenvalue weighted by molar-refractivity contribution is 5.94. The minimum absolute atomic E-state index is 0.0644. The number of pyridine rings is 1. The molecule has 8 heteroatoms. The van der Waals surface area contributed by atoms with Gasteiger partial charge in [-0.1, -0.05) is 5.16 Å². The Bertz CT molecular complexity index is 930. The van der Waals surface area contributed by atoms with Crippen molar-refractivity contribution >= 4 is 5.91 Å². The van der Waals surface area contributed by atoms with Crippen molar-refractivity contribution < 1.29 is 18.1 Å². The second-order valence-electron chi connectivity index (χ2n) is 6.11. The largest absolute Gasteiger partial charge is 0.335 e. The number of benzene rings is 1. The fourth-order valence-corrected chi connectivity index (χ4v) is 2.92. The van der Waals surface area contributed by atoms with Crippen molar-refractivity contribution in [2.45, 2.75) is 12.1 Å². The van der Waals surface area contributed by atoms with Gasteiger partial charge in [0.1, 0.15) is 5.82 Å². The molecule has 3 heterocycles. The Morgan fingerprint density at radius 3 is 2.62 bits per heavy atom. The van der Waals surface area contributed by atoms with Crippen LogP contribution in [-0.2, 0) is 5.67 Å². The minimum Gasteiger partial charge on any atom is -0.335 e. The first kappa shape index (κ1) is 16.3. The first-order chi connectivity index (χ1) is 12.5. The summed E-state index contributed by atoms with van der Waals surface area (Å²) in [5.41, 5.74) is -0.942. The first-order valence-electron chi connectivity index (χ1n) is 8.03. The Balaban J connectivity index is 1.53. The number of amides is 1. The number of halogens is 2. The molecule has 132 valence electrons. The lowest BCUT2D eigenvalue weighted by Gasteiger charge is -2.18. The predicted molar refractivity (Wildman–Crippen MR) is 87.2 cm³/mol. The van der Waals surface area contributed by atoms with Crippen LogP contribution in [0.15, 0.2) is 53.3 Å². The summed E-state index contributed by atoms with van der Waals surface area (Å²) in [4.78, 5) is 21.8. The lowest BCUT2D eigenvalue weighted by Crippen LogP contribution is -2.32. The van der Waals surface area contributed by atoms with Crippen LogP contribution in [0.5, 0.6) is 0 Å². The van der Waals surface area contributed by atoms with E-state index in [9.17, 15) is 9.18 Å². The van der Waals surface area contributed by atoms with Gasteiger partial charge < -0.3 is 9.42 Å². The van der Waals surface area contributed by atoms with Gasteiger partial charge >= 0.3 is 0 Å². The van der Waals surface area contributed by atoms with Gasteiger partial charge in [0, 0.05) is 36.5 Å². The summed E-state index contributed by atoms with van der Waals surface area (Å²) in [6.45, 7) is 0.0745. The average Bonchev–Trinajstić information content (AvgIpc) is 3.31. The van der Waals surface area contributed by atoms with Crippen LogP contribution in [0.3, 0.4) is 0 Å². The van der Waals surface area contributed by atoms with Gasteiger partial charge in [-0.25, -0.2) is 8.78 Å². The van der Waals surface area contributed by atoms with Crippen molar-refractivity contribution in [3.05, 3.63) is 66.1 Å². The standard InChI is InChI=1S/C18H14F2N4O2/c19-14-3-1-12(2-4-14)15-22-17(26-23-15)18(20)7-10-24(11-18)16(25)13-5-8-21-9-6-13/h1-6,8-9H,7,10-11H2. The summed E-state index contributed by atoms with van der Waals surface area (Å²) in [5.74, 6) is -0.663. The second kappa shape index (κ2) is 6.29. The van der Waals surface area contributed by atoms with E-state index in [-0.39, 0.29) is 42.9 Å². The fourth-order valence-electron chi connectivity index (χ4n) is 2.92. The molecule has 6 nitrogen and oxygen atoms in total. The number of hydrogen-bond donors (Lipinski definition) is 0. The Morgan fingerprint density at radius 1 is 1.15 bits per heavy atom. The maximum atomic E-state index is 15.3. The molecule has 1 amide bonds. The number of carbonyl (C=O) groups is 1. The van der Waals surface area contributed by atoms with E-state index < -0.39 is 5.67 Å². The lowest BCUT2D eigenvalue weighted by atomic mass is 10.1. The zero-order chi connectivity index (χ0) is 18.1. The van der Waals surface area contributed by atoms with E-state index in [2.05, 4.69) is 15.1 Å². The molecule has 0 bridgehead atoms. The molecule has 26 heavy (non-hydrogen) atoms. The van der Waals surface area contributed by atoms with Gasteiger partial charge in [-0.15, -0.1) is 0 Å². The van der Waals surface area contributed by atoms with Crippen LogP contribution >= 0.6 is 0 Å². The Hall–Kier alpha value is -3.16. The van der Waals surface area contributed by atoms with E-state index in [1.165, 1.54) is 41.6 Å². The molecule has 1 aromatic carbocycles. The molecule has 1 aliphatic heterocycles. The molecule has 1 saturated heterocycles. The summed E-state index contributed by atoms with van der Waals surface area (Å²) in [6.07, 6.45) is 3.09. The second-order valence-corrected chi connectivity index (χ2v) is 6.11. The van der Waals surface area contributed by atoms with E-state index >= 15 is 4.39 Å². The van der Waals surface area contributed by atoms with Gasteiger partial charge in [0.15, 0.2) is 0 Å². The van der Waals surface area contributed by atoms with E-state index in [4.69, 9.17) is 4.52 Å². The maximum absolute atomic E-state index is 15.3. The topological polar surface area (TPSA) is 72.1 Å². The first-order valence-corrected chi connectivity index (χ1v) is 8.03. The fraction of sp³-hybridized carbons (Fsp3) is 0.222. The molecule has 2 aromatic heterocycles. The number of hydrogen-bond acceptors (Lipinski definition) is 5. The van der Waals surface area contributed by atoms with Crippen molar-refractivity contribution in [2.24, 2.45) is 0 Å². The lowest BCUT2D eigenvalue weighted by molar-refractivity contribution is 0.0716. The highest BCUT2D eigenvalue weighted by atomic mass is 19.1. The van der Waals surface area contributed by atoms with Gasteiger partial charge in [-0.3, -0.25) is 9.78 Å². The molecule has 1 aliphatic rings. The smallest absolute Gasteiger partial charge is 0.266 e. The summed E-state index contributed by atoms with van der Waals surface area (Å²) in [5, 5.41) is 3.77. The molecule has 0 N–H and O–H groups in total. The third kappa shape index (κ3) is 2.94. The molecular formula is C18H14F2N4O2. The molecule has 0 spiro atoms. The zero-order valence-electron chi connectivity index (χ0n) is 13.6. The van der Waals surface area contributed by atoms with Crippen LogP contribution in [0.4, 0.5) is 8.78 Å². The van der Waals surface area contributed by atoms with Crippen LogP contribution in [0.2, 0.25) is 0 Å². The van der Waals surface area contributed by atoms with Crippen LogP contribution < -0.4 is 0 Å². The minimum atomic E-state index is -1.91. The Labute approximate surface area is 147 Å². The van der Waals surface area contributed by atoms with Crippen molar-refractivity contribution in [1.82, 2.24) is 20.0 Å². The van der Waals surface area contributed by atoms with Gasteiger partial charge in [0.25, 0.3) is 11.8 Å². The highest BCUT2D eigenvalue weighted by Crippen LogP contribution is 2.36. The van der Waals surface area contributed by atoms with Gasteiger partial charge in [0.2, 0.25) is 11.5 Å². The van der Waals surface area contributed by atoms with E-state index in [1.54, 1.807) is 12.1 Å². The maximum Gasteiger partial charge on any atom is 0.266 e. The quantitative estimate of drug-likeness (QED) is 0.721. The Morgan fingerprint density at radius 2 is 1.88 bits per heavy atom. The number of alkyl halides is 1. The number of nitrogens with zero attached hydrogens (tertiary/aromatic N) is 4.